The Hall–Kier alpha value is -2.56. The Morgan fingerprint density at radius 3 is 2.47 bits per heavy atom. The van der Waals surface area contributed by atoms with Gasteiger partial charge in [0.15, 0.2) is 0 Å². The van der Waals surface area contributed by atoms with E-state index in [1.807, 2.05) is 18.2 Å². The van der Waals surface area contributed by atoms with Crippen molar-refractivity contribution >= 4 is 28.4 Å². The standard InChI is InChI=1S/C14H11NO4/c16-13(17)8-5-6-10-11(12(8)14(18)19)7-3-1-2-4-9(7)15-10/h1-4,15H,5-6H2,(H,16,17)(H,18,19). The lowest BCUT2D eigenvalue weighted by molar-refractivity contribution is -0.134. The molecule has 1 aliphatic carbocycles. The van der Waals surface area contributed by atoms with Crippen molar-refractivity contribution in [2.75, 3.05) is 0 Å². The van der Waals surface area contributed by atoms with Crippen LogP contribution in [0.15, 0.2) is 29.8 Å². The molecule has 5 heteroatoms. The summed E-state index contributed by atoms with van der Waals surface area (Å²) in [5, 5.41) is 19.3. The number of rotatable bonds is 2. The number of H-pyrrole nitrogens is 1. The molecule has 1 heterocycles. The molecule has 96 valence electrons. The summed E-state index contributed by atoms with van der Waals surface area (Å²) in [6.07, 6.45) is 0.749. The van der Waals surface area contributed by atoms with Gasteiger partial charge in [0.1, 0.15) is 0 Å². The molecule has 0 radical (unpaired) electrons. The highest BCUT2D eigenvalue weighted by molar-refractivity contribution is 6.25. The molecule has 0 fully saturated rings. The van der Waals surface area contributed by atoms with E-state index in [9.17, 15) is 14.7 Å². The largest absolute Gasteiger partial charge is 0.478 e. The second kappa shape index (κ2) is 3.98. The monoisotopic (exact) mass is 257 g/mol. The molecule has 5 nitrogen and oxygen atoms in total. The summed E-state index contributed by atoms with van der Waals surface area (Å²) in [7, 11) is 0. The van der Waals surface area contributed by atoms with Gasteiger partial charge in [0, 0.05) is 22.2 Å². The summed E-state index contributed by atoms with van der Waals surface area (Å²) in [5.74, 6) is -2.35. The van der Waals surface area contributed by atoms with Crippen LogP contribution in [-0.4, -0.2) is 27.1 Å². The van der Waals surface area contributed by atoms with Crippen LogP contribution in [0.1, 0.15) is 17.7 Å². The molecular formula is C14H11NO4. The van der Waals surface area contributed by atoms with Crippen molar-refractivity contribution in [1.82, 2.24) is 4.98 Å². The normalized spacial score (nSPS) is 14.5. The highest BCUT2D eigenvalue weighted by atomic mass is 16.4. The van der Waals surface area contributed by atoms with Gasteiger partial charge < -0.3 is 15.2 Å². The third kappa shape index (κ3) is 1.62. The molecule has 0 spiro atoms. The quantitative estimate of drug-likeness (QED) is 0.767. The van der Waals surface area contributed by atoms with E-state index in [1.165, 1.54) is 0 Å². The predicted molar refractivity (Wildman–Crippen MR) is 68.8 cm³/mol. The van der Waals surface area contributed by atoms with Crippen LogP contribution < -0.4 is 0 Å². The Morgan fingerprint density at radius 1 is 1.05 bits per heavy atom. The lowest BCUT2D eigenvalue weighted by Gasteiger charge is -2.15. The van der Waals surface area contributed by atoms with Crippen molar-refractivity contribution in [3.05, 3.63) is 41.1 Å². The van der Waals surface area contributed by atoms with Gasteiger partial charge >= 0.3 is 11.9 Å². The summed E-state index contributed by atoms with van der Waals surface area (Å²) in [6, 6.07) is 7.32. The fraction of sp³-hybridized carbons (Fsp3) is 0.143. The molecule has 0 atom stereocenters. The van der Waals surface area contributed by atoms with E-state index < -0.39 is 11.9 Å². The number of carboxylic acids is 2. The summed E-state index contributed by atoms with van der Waals surface area (Å²) in [5.41, 5.74) is 2.03. The molecule has 0 bridgehead atoms. The van der Waals surface area contributed by atoms with Crippen molar-refractivity contribution in [3.63, 3.8) is 0 Å². The van der Waals surface area contributed by atoms with Gasteiger partial charge in [-0.2, -0.15) is 0 Å². The molecule has 0 unspecified atom stereocenters. The van der Waals surface area contributed by atoms with Gasteiger partial charge in [0.25, 0.3) is 0 Å². The van der Waals surface area contributed by atoms with E-state index in [0.717, 1.165) is 16.6 Å². The number of hydrogen-bond acceptors (Lipinski definition) is 2. The minimum absolute atomic E-state index is 0.0234. The number of aryl methyl sites for hydroxylation is 1. The maximum Gasteiger partial charge on any atom is 0.336 e. The molecule has 2 aromatic rings. The van der Waals surface area contributed by atoms with Gasteiger partial charge in [-0.3, -0.25) is 0 Å². The maximum absolute atomic E-state index is 11.4. The van der Waals surface area contributed by atoms with Gasteiger partial charge in [-0.15, -0.1) is 0 Å². The van der Waals surface area contributed by atoms with E-state index in [2.05, 4.69) is 4.98 Å². The lowest BCUT2D eigenvalue weighted by atomic mass is 9.88. The summed E-state index contributed by atoms with van der Waals surface area (Å²) >= 11 is 0. The first-order valence-electron chi connectivity index (χ1n) is 5.89. The third-order valence-electron chi connectivity index (χ3n) is 3.43. The minimum Gasteiger partial charge on any atom is -0.478 e. The second-order valence-electron chi connectivity index (χ2n) is 4.49. The first kappa shape index (κ1) is 11.5. The third-order valence-corrected chi connectivity index (χ3v) is 3.43. The molecule has 0 saturated heterocycles. The number of carboxylic acid groups (broad SMARTS) is 2. The van der Waals surface area contributed by atoms with Gasteiger partial charge in [0.2, 0.25) is 0 Å². The molecule has 1 aliphatic rings. The van der Waals surface area contributed by atoms with E-state index >= 15 is 0 Å². The second-order valence-corrected chi connectivity index (χ2v) is 4.49. The topological polar surface area (TPSA) is 90.4 Å². The molecular weight excluding hydrogens is 246 g/mol. The summed E-state index contributed by atoms with van der Waals surface area (Å²) in [4.78, 5) is 25.8. The highest BCUT2D eigenvalue weighted by Gasteiger charge is 2.30. The Morgan fingerprint density at radius 2 is 1.79 bits per heavy atom. The number of fused-ring (bicyclic) bond motifs is 3. The first-order chi connectivity index (χ1) is 9.09. The van der Waals surface area contributed by atoms with Crippen LogP contribution in [0.2, 0.25) is 0 Å². The van der Waals surface area contributed by atoms with Crippen LogP contribution in [0, 0.1) is 0 Å². The predicted octanol–water partition coefficient (Wildman–Crippen LogP) is 2.04. The molecule has 0 aliphatic heterocycles. The Labute approximate surface area is 108 Å². The van der Waals surface area contributed by atoms with Crippen molar-refractivity contribution in [1.29, 1.82) is 0 Å². The number of carbonyl (C=O) groups is 2. The maximum atomic E-state index is 11.4. The summed E-state index contributed by atoms with van der Waals surface area (Å²) < 4.78 is 0. The molecule has 3 N–H and O–H groups in total. The zero-order chi connectivity index (χ0) is 13.6. The van der Waals surface area contributed by atoms with E-state index in [1.54, 1.807) is 6.07 Å². The number of nitrogens with one attached hydrogen (secondary N) is 1. The van der Waals surface area contributed by atoms with Crippen molar-refractivity contribution < 1.29 is 19.8 Å². The van der Waals surface area contributed by atoms with Crippen LogP contribution in [0.4, 0.5) is 0 Å². The number of aliphatic carboxylic acids is 2. The molecule has 1 aromatic heterocycles. The first-order valence-corrected chi connectivity index (χ1v) is 5.89. The number of aromatic nitrogens is 1. The molecule has 1 aromatic carbocycles. The average molecular weight is 257 g/mol. The van der Waals surface area contributed by atoms with Gasteiger partial charge in [0.05, 0.1) is 11.1 Å². The average Bonchev–Trinajstić information content (AvgIpc) is 2.75. The van der Waals surface area contributed by atoms with Crippen LogP contribution >= 0.6 is 0 Å². The zero-order valence-electron chi connectivity index (χ0n) is 9.93. The fourth-order valence-corrected chi connectivity index (χ4v) is 2.65. The van der Waals surface area contributed by atoms with Crippen molar-refractivity contribution in [2.24, 2.45) is 0 Å². The van der Waals surface area contributed by atoms with Gasteiger partial charge in [-0.05, 0) is 18.9 Å². The van der Waals surface area contributed by atoms with Gasteiger partial charge in [-0.1, -0.05) is 18.2 Å². The van der Waals surface area contributed by atoms with Crippen LogP contribution in [0.5, 0.6) is 0 Å². The SMILES string of the molecule is O=C(O)C1=C(C(=O)O)c2c([nH]c3ccccc23)CC1. The molecule has 0 saturated carbocycles. The van der Waals surface area contributed by atoms with Crippen molar-refractivity contribution in [2.45, 2.75) is 12.8 Å². The number of para-hydroxylation sites is 1. The zero-order valence-corrected chi connectivity index (χ0v) is 9.93. The fourth-order valence-electron chi connectivity index (χ4n) is 2.65. The van der Waals surface area contributed by atoms with Crippen LogP contribution in [0.3, 0.4) is 0 Å². The highest BCUT2D eigenvalue weighted by Crippen LogP contribution is 2.36. The van der Waals surface area contributed by atoms with E-state index in [0.29, 0.717) is 12.0 Å². The van der Waals surface area contributed by atoms with E-state index in [4.69, 9.17) is 5.11 Å². The van der Waals surface area contributed by atoms with Gasteiger partial charge in [-0.25, -0.2) is 9.59 Å². The lowest BCUT2D eigenvalue weighted by Crippen LogP contribution is -2.16. The number of benzene rings is 1. The minimum atomic E-state index is -1.19. The van der Waals surface area contributed by atoms with Crippen molar-refractivity contribution in [3.8, 4) is 0 Å². The number of hydrogen-bond donors (Lipinski definition) is 3. The molecule has 19 heavy (non-hydrogen) atoms. The smallest absolute Gasteiger partial charge is 0.336 e. The Kier molecular flexibility index (Phi) is 2.41. The molecule has 0 amide bonds. The van der Waals surface area contributed by atoms with Crippen LogP contribution in [-0.2, 0) is 16.0 Å². The summed E-state index contributed by atoms with van der Waals surface area (Å²) in [6.45, 7) is 0. The number of aromatic amines is 1. The molecule has 3 rings (SSSR count). The van der Waals surface area contributed by atoms with E-state index in [-0.39, 0.29) is 17.6 Å². The van der Waals surface area contributed by atoms with Crippen LogP contribution in [0.25, 0.3) is 16.5 Å². The Bertz CT molecular complexity index is 739. The Balaban J connectivity index is 2.39.